The summed E-state index contributed by atoms with van der Waals surface area (Å²) in [5.41, 5.74) is 0. The number of hydrogen-bond acceptors (Lipinski definition) is 4. The zero-order valence-corrected chi connectivity index (χ0v) is 20.8. The molecule has 0 aromatic rings. The summed E-state index contributed by atoms with van der Waals surface area (Å²) in [5.74, 6) is 7.15. The number of thioether (sulfide) groups is 2. The number of fused-ring (bicyclic) bond motifs is 11. The first-order valence-corrected chi connectivity index (χ1v) is 16.0. The van der Waals surface area contributed by atoms with Crippen molar-refractivity contribution in [1.29, 1.82) is 0 Å². The third-order valence-corrected chi connectivity index (χ3v) is 15.8. The third-order valence-electron chi connectivity index (χ3n) is 12.0. The van der Waals surface area contributed by atoms with E-state index in [0.717, 1.165) is 22.3 Å². The van der Waals surface area contributed by atoms with Crippen LogP contribution in [0.25, 0.3) is 0 Å². The Balaban J connectivity index is 1.04. The molecular weight excluding hydrogens is 432 g/mol. The van der Waals surface area contributed by atoms with Gasteiger partial charge < -0.3 is 0 Å². The van der Waals surface area contributed by atoms with Crippen LogP contribution >= 0.6 is 23.5 Å². The van der Waals surface area contributed by atoms with Crippen molar-refractivity contribution < 1.29 is 9.59 Å². The fraction of sp³-hybridized carbons (Fsp3) is 0.929. The van der Waals surface area contributed by atoms with Gasteiger partial charge in [-0.3, -0.25) is 9.59 Å². The van der Waals surface area contributed by atoms with E-state index in [0.29, 0.717) is 69.4 Å². The predicted octanol–water partition coefficient (Wildman–Crippen LogP) is 6.02. The molecule has 2 heterocycles. The molecule has 6 saturated carbocycles. The topological polar surface area (TPSA) is 34.1 Å². The molecule has 14 atom stereocenters. The summed E-state index contributed by atoms with van der Waals surface area (Å²) in [7, 11) is 0. The first-order chi connectivity index (χ1) is 15.7. The lowest BCUT2D eigenvalue weighted by Gasteiger charge is -2.46. The van der Waals surface area contributed by atoms with Gasteiger partial charge in [0.15, 0.2) is 0 Å². The minimum absolute atomic E-state index is 0.380. The number of rotatable bonds is 0. The van der Waals surface area contributed by atoms with Crippen molar-refractivity contribution in [2.75, 3.05) is 0 Å². The molecule has 0 N–H and O–H groups in total. The Morgan fingerprint density at radius 1 is 0.531 bits per heavy atom. The minimum Gasteiger partial charge on any atom is -0.299 e. The zero-order valence-electron chi connectivity index (χ0n) is 19.2. The molecule has 2 aliphatic heterocycles. The van der Waals surface area contributed by atoms with Gasteiger partial charge in [0.1, 0.15) is 11.6 Å². The monoisotopic (exact) mass is 470 g/mol. The highest BCUT2D eigenvalue weighted by molar-refractivity contribution is 8.01. The minimum atomic E-state index is 0.380. The summed E-state index contributed by atoms with van der Waals surface area (Å²) < 4.78 is 0. The molecule has 8 aliphatic rings. The molecule has 8 fully saturated rings. The van der Waals surface area contributed by atoms with E-state index in [-0.39, 0.29) is 0 Å². The van der Waals surface area contributed by atoms with Gasteiger partial charge in [-0.25, -0.2) is 0 Å². The van der Waals surface area contributed by atoms with E-state index in [1.165, 1.54) is 77.0 Å². The maximum Gasteiger partial charge on any atom is 0.140 e. The second-order valence-corrected chi connectivity index (χ2v) is 15.9. The number of hydrogen-bond donors (Lipinski definition) is 0. The maximum atomic E-state index is 13.7. The molecule has 174 valence electrons. The molecule has 6 aliphatic carbocycles. The Morgan fingerprint density at radius 3 is 1.44 bits per heavy atom. The second-order valence-electron chi connectivity index (χ2n) is 13.0. The van der Waals surface area contributed by atoms with Gasteiger partial charge in [0.2, 0.25) is 0 Å². The number of ketones is 2. The summed E-state index contributed by atoms with van der Waals surface area (Å²) in [4.78, 5) is 27.4. The lowest BCUT2D eigenvalue weighted by atomic mass is 9.59. The molecule has 8 rings (SSSR count). The Hall–Kier alpha value is 0.0400. The van der Waals surface area contributed by atoms with Crippen LogP contribution in [0.2, 0.25) is 0 Å². The van der Waals surface area contributed by atoms with E-state index in [1.807, 2.05) is 0 Å². The molecule has 0 aromatic carbocycles. The summed E-state index contributed by atoms with van der Waals surface area (Å²) in [6, 6.07) is 0. The first kappa shape index (κ1) is 20.3. The molecule has 0 spiro atoms. The lowest BCUT2D eigenvalue weighted by molar-refractivity contribution is -0.130. The number of carbonyl (C=O) groups is 2. The van der Waals surface area contributed by atoms with E-state index in [4.69, 9.17) is 0 Å². The molecule has 0 aromatic heterocycles. The highest BCUT2D eigenvalue weighted by Crippen LogP contribution is 2.66. The van der Waals surface area contributed by atoms with Crippen molar-refractivity contribution in [2.24, 2.45) is 59.2 Å². The summed E-state index contributed by atoms with van der Waals surface area (Å²) >= 11 is 4.50. The van der Waals surface area contributed by atoms with Crippen molar-refractivity contribution >= 4 is 35.1 Å². The Kier molecular flexibility index (Phi) is 4.61. The van der Waals surface area contributed by atoms with Crippen molar-refractivity contribution in [2.45, 2.75) is 98.0 Å². The van der Waals surface area contributed by atoms with E-state index in [2.05, 4.69) is 23.5 Å². The Labute approximate surface area is 201 Å². The quantitative estimate of drug-likeness (QED) is 0.434. The van der Waals surface area contributed by atoms with Gasteiger partial charge in [0, 0.05) is 44.7 Å². The fourth-order valence-electron chi connectivity index (χ4n) is 10.8. The van der Waals surface area contributed by atoms with Gasteiger partial charge >= 0.3 is 0 Å². The molecule has 14 unspecified atom stereocenters. The van der Waals surface area contributed by atoms with Crippen LogP contribution in [0.1, 0.15) is 77.0 Å². The highest BCUT2D eigenvalue weighted by atomic mass is 32.2. The van der Waals surface area contributed by atoms with Crippen LogP contribution < -0.4 is 0 Å². The summed E-state index contributed by atoms with van der Waals surface area (Å²) in [6.45, 7) is 0. The zero-order chi connectivity index (χ0) is 21.1. The fourth-order valence-corrected chi connectivity index (χ4v) is 15.3. The average Bonchev–Trinajstić information content (AvgIpc) is 3.52. The van der Waals surface area contributed by atoms with Gasteiger partial charge in [-0.2, -0.15) is 23.5 Å². The normalized spacial score (nSPS) is 60.1. The first-order valence-electron chi connectivity index (χ1n) is 14.1. The molecule has 2 saturated heterocycles. The van der Waals surface area contributed by atoms with Crippen LogP contribution in [0.3, 0.4) is 0 Å². The summed E-state index contributed by atoms with van der Waals surface area (Å²) in [6.07, 6.45) is 15.8. The van der Waals surface area contributed by atoms with Crippen molar-refractivity contribution in [1.82, 2.24) is 0 Å². The lowest BCUT2D eigenvalue weighted by Crippen LogP contribution is -2.42. The highest BCUT2D eigenvalue weighted by Gasteiger charge is 2.65. The standard InChI is InChI=1S/C28H38O2S2/c29-25-17-9-13-12-20-18(26(30)24-16-6-2-4-8-22(16)32-28(20)24)10-14(13)11-19(17)27-23(25)15-5-1-3-7-21(15)31-27/h13-24,27-28H,1-12H2. The predicted molar refractivity (Wildman–Crippen MR) is 131 cm³/mol. The van der Waals surface area contributed by atoms with Crippen LogP contribution in [-0.4, -0.2) is 32.6 Å². The van der Waals surface area contributed by atoms with E-state index in [9.17, 15) is 9.59 Å². The Morgan fingerprint density at radius 2 is 0.969 bits per heavy atom. The van der Waals surface area contributed by atoms with Crippen molar-refractivity contribution in [3.8, 4) is 0 Å². The van der Waals surface area contributed by atoms with Crippen LogP contribution in [0, 0.1) is 59.2 Å². The van der Waals surface area contributed by atoms with Crippen LogP contribution in [0.4, 0.5) is 0 Å². The van der Waals surface area contributed by atoms with Crippen LogP contribution in [0.5, 0.6) is 0 Å². The third kappa shape index (κ3) is 2.64. The smallest absolute Gasteiger partial charge is 0.140 e. The molecule has 0 bridgehead atoms. The largest absolute Gasteiger partial charge is 0.299 e. The van der Waals surface area contributed by atoms with Gasteiger partial charge in [-0.1, -0.05) is 25.7 Å². The molecule has 4 heteroatoms. The molecule has 0 amide bonds. The van der Waals surface area contributed by atoms with E-state index in [1.54, 1.807) is 0 Å². The average molecular weight is 471 g/mol. The van der Waals surface area contributed by atoms with Crippen LogP contribution in [-0.2, 0) is 9.59 Å². The summed E-state index contributed by atoms with van der Waals surface area (Å²) in [5, 5.41) is 2.84. The second kappa shape index (κ2) is 7.28. The van der Waals surface area contributed by atoms with Gasteiger partial charge in [0.25, 0.3) is 0 Å². The van der Waals surface area contributed by atoms with Gasteiger partial charge in [0.05, 0.1) is 0 Å². The van der Waals surface area contributed by atoms with E-state index >= 15 is 0 Å². The van der Waals surface area contributed by atoms with Crippen LogP contribution in [0.15, 0.2) is 0 Å². The number of carbonyl (C=O) groups excluding carboxylic acids is 2. The van der Waals surface area contributed by atoms with Gasteiger partial charge in [-0.15, -0.1) is 0 Å². The van der Waals surface area contributed by atoms with Crippen molar-refractivity contribution in [3.63, 3.8) is 0 Å². The SMILES string of the molecule is O=C1C2CC3CC4C(CC3CC2C2SC3CCCCC3C12)C(=O)C1C2CCCCC2SC41. The van der Waals surface area contributed by atoms with Gasteiger partial charge in [-0.05, 0) is 86.9 Å². The van der Waals surface area contributed by atoms with E-state index < -0.39 is 0 Å². The molecule has 32 heavy (non-hydrogen) atoms. The molecular formula is C28H38O2S2. The molecule has 0 radical (unpaired) electrons. The Bertz CT molecular complexity index is 773. The maximum absolute atomic E-state index is 13.7. The number of Topliss-reactive ketones (excluding diaryl/α,β-unsaturated/α-hetero) is 2. The van der Waals surface area contributed by atoms with Crippen molar-refractivity contribution in [3.05, 3.63) is 0 Å². The molecule has 2 nitrogen and oxygen atoms in total.